The fraction of sp³-hybridized carbons (Fsp3) is 0.615. The summed E-state index contributed by atoms with van der Waals surface area (Å²) in [5, 5.41) is 0. The molecular weight excluding hydrogens is 242 g/mol. The Morgan fingerprint density at radius 2 is 2.16 bits per heavy atom. The van der Waals surface area contributed by atoms with Gasteiger partial charge in [-0.1, -0.05) is 0 Å². The van der Waals surface area contributed by atoms with Gasteiger partial charge in [-0.3, -0.25) is 4.98 Å². The second kappa shape index (κ2) is 5.86. The second-order valence-electron chi connectivity index (χ2n) is 5.09. The molecule has 1 aromatic heterocycles. The highest BCUT2D eigenvalue weighted by Gasteiger charge is 2.27. The number of carbonyl (C=O) groups is 1. The number of hydrogen-bond acceptors (Lipinski definition) is 4. The molecule has 0 radical (unpaired) electrons. The van der Waals surface area contributed by atoms with Gasteiger partial charge in [-0.15, -0.1) is 0 Å². The summed E-state index contributed by atoms with van der Waals surface area (Å²) < 4.78 is 0. The normalized spacial score (nSPS) is 19.1. The topological polar surface area (TPSA) is 52.6 Å². The lowest BCUT2D eigenvalue weighted by Gasteiger charge is -2.38. The molecule has 6 nitrogen and oxygen atoms in total. The van der Waals surface area contributed by atoms with E-state index < -0.39 is 0 Å². The van der Waals surface area contributed by atoms with Gasteiger partial charge >= 0.3 is 6.03 Å². The van der Waals surface area contributed by atoms with Crippen LogP contribution < -0.4 is 4.90 Å². The van der Waals surface area contributed by atoms with E-state index in [2.05, 4.69) is 14.9 Å². The van der Waals surface area contributed by atoms with E-state index in [1.54, 1.807) is 37.6 Å². The van der Waals surface area contributed by atoms with Crippen LogP contribution in [0.2, 0.25) is 0 Å². The Labute approximate surface area is 114 Å². The van der Waals surface area contributed by atoms with E-state index in [0.717, 1.165) is 31.7 Å². The second-order valence-corrected chi connectivity index (χ2v) is 5.09. The molecule has 0 N–H and O–H groups in total. The Balaban J connectivity index is 2.03. The zero-order valence-electron chi connectivity index (χ0n) is 11.8. The van der Waals surface area contributed by atoms with Crippen LogP contribution in [0.4, 0.5) is 10.6 Å². The van der Waals surface area contributed by atoms with E-state index in [9.17, 15) is 4.79 Å². The van der Waals surface area contributed by atoms with E-state index >= 15 is 0 Å². The van der Waals surface area contributed by atoms with Crippen LogP contribution in [0.1, 0.15) is 12.8 Å². The highest BCUT2D eigenvalue weighted by molar-refractivity contribution is 5.74. The average molecular weight is 263 g/mol. The summed E-state index contributed by atoms with van der Waals surface area (Å²) >= 11 is 0. The first-order valence-corrected chi connectivity index (χ1v) is 6.54. The third-order valence-corrected chi connectivity index (χ3v) is 3.50. The molecule has 2 heterocycles. The van der Waals surface area contributed by atoms with Gasteiger partial charge in [0, 0.05) is 46.6 Å². The summed E-state index contributed by atoms with van der Waals surface area (Å²) in [6.07, 6.45) is 7.25. The van der Waals surface area contributed by atoms with Gasteiger partial charge in [0.05, 0.1) is 12.2 Å². The maximum atomic E-state index is 12.0. The maximum absolute atomic E-state index is 12.0. The van der Waals surface area contributed by atoms with Crippen LogP contribution in [0.15, 0.2) is 18.6 Å². The molecular formula is C13H21N5O. The zero-order valence-corrected chi connectivity index (χ0v) is 11.8. The number of rotatable bonds is 2. The van der Waals surface area contributed by atoms with Crippen molar-refractivity contribution in [3.05, 3.63) is 18.6 Å². The molecule has 2 rings (SSSR count). The highest BCUT2D eigenvalue weighted by Crippen LogP contribution is 2.19. The van der Waals surface area contributed by atoms with Crippen LogP contribution >= 0.6 is 0 Å². The van der Waals surface area contributed by atoms with E-state index in [4.69, 9.17) is 0 Å². The summed E-state index contributed by atoms with van der Waals surface area (Å²) in [7, 11) is 5.43. The van der Waals surface area contributed by atoms with E-state index in [-0.39, 0.29) is 12.1 Å². The van der Waals surface area contributed by atoms with Crippen molar-refractivity contribution in [3.63, 3.8) is 0 Å². The molecule has 2 amide bonds. The molecule has 0 spiro atoms. The summed E-state index contributed by atoms with van der Waals surface area (Å²) in [5.41, 5.74) is 0. The van der Waals surface area contributed by atoms with Crippen molar-refractivity contribution >= 4 is 11.8 Å². The van der Waals surface area contributed by atoms with Crippen LogP contribution in [0.25, 0.3) is 0 Å². The minimum atomic E-state index is 0.0472. The number of anilines is 1. The molecule has 6 heteroatoms. The molecule has 104 valence electrons. The summed E-state index contributed by atoms with van der Waals surface area (Å²) in [5.74, 6) is 0.887. The number of urea groups is 1. The zero-order chi connectivity index (χ0) is 13.8. The van der Waals surface area contributed by atoms with Gasteiger partial charge in [0.1, 0.15) is 5.82 Å². The Bertz CT molecular complexity index is 422. The van der Waals surface area contributed by atoms with Crippen LogP contribution in [0, 0.1) is 0 Å². The maximum Gasteiger partial charge on any atom is 0.319 e. The van der Waals surface area contributed by atoms with Crippen molar-refractivity contribution in [2.75, 3.05) is 39.1 Å². The number of likely N-dealkylation sites (N-methyl/N-ethyl adjacent to an activating group) is 1. The molecule has 0 bridgehead atoms. The Morgan fingerprint density at radius 1 is 1.37 bits per heavy atom. The Hall–Kier alpha value is -1.85. The van der Waals surface area contributed by atoms with Crippen LogP contribution in [0.3, 0.4) is 0 Å². The van der Waals surface area contributed by atoms with Gasteiger partial charge in [0.2, 0.25) is 0 Å². The molecule has 1 unspecified atom stereocenters. The van der Waals surface area contributed by atoms with Gasteiger partial charge in [-0.2, -0.15) is 0 Å². The van der Waals surface area contributed by atoms with Crippen LogP contribution in [-0.4, -0.2) is 66.1 Å². The molecule has 1 aromatic rings. The molecule has 0 aliphatic carbocycles. The van der Waals surface area contributed by atoms with Crippen molar-refractivity contribution in [3.8, 4) is 0 Å². The standard InChI is InChI=1S/C13H21N5O/c1-16(2)13(19)17(3)11-5-4-8-18(10-11)12-9-14-6-7-15-12/h6-7,9,11H,4-5,8,10H2,1-3H3. The predicted molar refractivity (Wildman–Crippen MR) is 74.1 cm³/mol. The average Bonchev–Trinajstić information content (AvgIpc) is 2.46. The first-order valence-electron chi connectivity index (χ1n) is 6.54. The summed E-state index contributed by atoms with van der Waals surface area (Å²) in [6.45, 7) is 1.79. The number of carbonyl (C=O) groups excluding carboxylic acids is 1. The highest BCUT2D eigenvalue weighted by atomic mass is 16.2. The van der Waals surface area contributed by atoms with Crippen molar-refractivity contribution in [1.29, 1.82) is 0 Å². The minimum absolute atomic E-state index is 0.0472. The minimum Gasteiger partial charge on any atom is -0.353 e. The first kappa shape index (κ1) is 13.6. The van der Waals surface area contributed by atoms with Gasteiger partial charge < -0.3 is 14.7 Å². The largest absolute Gasteiger partial charge is 0.353 e. The van der Waals surface area contributed by atoms with Crippen molar-refractivity contribution in [2.45, 2.75) is 18.9 Å². The van der Waals surface area contributed by atoms with Crippen molar-refractivity contribution < 1.29 is 4.79 Å². The molecule has 0 saturated carbocycles. The van der Waals surface area contributed by atoms with Gasteiger partial charge in [0.15, 0.2) is 0 Å². The van der Waals surface area contributed by atoms with Crippen molar-refractivity contribution in [1.82, 2.24) is 19.8 Å². The Kier molecular flexibility index (Phi) is 4.19. The number of hydrogen-bond donors (Lipinski definition) is 0. The monoisotopic (exact) mass is 263 g/mol. The summed E-state index contributed by atoms with van der Waals surface area (Å²) in [4.78, 5) is 26.0. The molecule has 1 fully saturated rings. The van der Waals surface area contributed by atoms with Gasteiger partial charge in [-0.05, 0) is 12.8 Å². The predicted octanol–water partition coefficient (Wildman–Crippen LogP) is 1.06. The third-order valence-electron chi connectivity index (χ3n) is 3.50. The molecule has 1 saturated heterocycles. The lowest BCUT2D eigenvalue weighted by Crippen LogP contribution is -2.51. The SMILES string of the molecule is CN(C)C(=O)N(C)C1CCCN(c2cnccn2)C1. The number of nitrogens with zero attached hydrogens (tertiary/aromatic N) is 5. The van der Waals surface area contributed by atoms with E-state index in [1.807, 2.05) is 11.9 Å². The van der Waals surface area contributed by atoms with Crippen LogP contribution in [0.5, 0.6) is 0 Å². The smallest absolute Gasteiger partial charge is 0.319 e. The molecule has 1 aliphatic heterocycles. The lowest BCUT2D eigenvalue weighted by atomic mass is 10.0. The first-order chi connectivity index (χ1) is 9.09. The van der Waals surface area contributed by atoms with E-state index in [0.29, 0.717) is 0 Å². The Morgan fingerprint density at radius 3 is 2.79 bits per heavy atom. The number of piperidine rings is 1. The fourth-order valence-corrected chi connectivity index (χ4v) is 2.41. The number of amides is 2. The quantitative estimate of drug-likeness (QED) is 0.800. The fourth-order valence-electron chi connectivity index (χ4n) is 2.41. The van der Waals surface area contributed by atoms with Crippen LogP contribution in [-0.2, 0) is 0 Å². The van der Waals surface area contributed by atoms with Gasteiger partial charge in [-0.25, -0.2) is 9.78 Å². The molecule has 1 atom stereocenters. The molecule has 19 heavy (non-hydrogen) atoms. The van der Waals surface area contributed by atoms with Crippen molar-refractivity contribution in [2.24, 2.45) is 0 Å². The van der Waals surface area contributed by atoms with E-state index in [1.165, 1.54) is 0 Å². The van der Waals surface area contributed by atoms with Gasteiger partial charge in [0.25, 0.3) is 0 Å². The molecule has 0 aromatic carbocycles. The molecule has 1 aliphatic rings. The third kappa shape index (κ3) is 3.13. The lowest BCUT2D eigenvalue weighted by molar-refractivity contribution is 0.157. The number of aromatic nitrogens is 2. The summed E-state index contributed by atoms with van der Waals surface area (Å²) in [6, 6.07) is 0.275.